The standard InChI is InChI=1S/C35H45N2/c1-11-26-22-27(12-2)33-29(23-26)37(10)31(35(33,7)8)19-17-15-13-14-16-18-30-34(5,6)32-25(4)20-24(3)21-28(32)36(30)9/h13-23H,11-12H2,1-10H3/q+1. The Bertz CT molecular complexity index is 1370. The lowest BCUT2D eigenvalue weighted by molar-refractivity contribution is -0.401. The summed E-state index contributed by atoms with van der Waals surface area (Å²) < 4.78 is 2.39. The molecule has 0 aliphatic carbocycles. The number of hydrogen-bond acceptors (Lipinski definition) is 1. The van der Waals surface area contributed by atoms with Gasteiger partial charge in [0.25, 0.3) is 0 Å². The number of hydrogen-bond donors (Lipinski definition) is 0. The summed E-state index contributed by atoms with van der Waals surface area (Å²) in [5, 5.41) is 0. The second kappa shape index (κ2) is 9.97. The van der Waals surface area contributed by atoms with Gasteiger partial charge in [-0.25, -0.2) is 0 Å². The van der Waals surface area contributed by atoms with Crippen molar-refractivity contribution < 1.29 is 4.58 Å². The van der Waals surface area contributed by atoms with Crippen LogP contribution in [0.2, 0.25) is 0 Å². The Morgan fingerprint density at radius 3 is 2.16 bits per heavy atom. The molecule has 0 spiro atoms. The summed E-state index contributed by atoms with van der Waals surface area (Å²) in [7, 11) is 4.40. The molecule has 2 aliphatic heterocycles. The van der Waals surface area contributed by atoms with Crippen molar-refractivity contribution in [2.45, 2.75) is 79.1 Å². The van der Waals surface area contributed by atoms with E-state index in [0.29, 0.717) is 0 Å². The molecule has 2 aliphatic rings. The van der Waals surface area contributed by atoms with Gasteiger partial charge in [-0.2, -0.15) is 4.58 Å². The first-order chi connectivity index (χ1) is 17.4. The van der Waals surface area contributed by atoms with E-state index < -0.39 is 0 Å². The SMILES string of the molecule is CCc1cc(CC)c2c(c1)[N+](C)=C(C=CC=CC=CC=C1N(C)c3cc(C)cc(C)c3C1(C)C)C2(C)C. The number of allylic oxidation sites excluding steroid dienone is 8. The molecule has 194 valence electrons. The van der Waals surface area contributed by atoms with Crippen molar-refractivity contribution >= 4 is 17.1 Å². The fraction of sp³-hybridized carbons (Fsp3) is 0.400. The van der Waals surface area contributed by atoms with Crippen LogP contribution in [0.1, 0.15) is 74.9 Å². The first kappa shape index (κ1) is 26.9. The van der Waals surface area contributed by atoms with Gasteiger partial charge in [0.1, 0.15) is 7.05 Å². The second-order valence-corrected chi connectivity index (χ2v) is 11.8. The van der Waals surface area contributed by atoms with E-state index in [1.54, 1.807) is 0 Å². The highest BCUT2D eigenvalue weighted by Gasteiger charge is 2.44. The Hall–Kier alpha value is -3.13. The van der Waals surface area contributed by atoms with Gasteiger partial charge >= 0.3 is 0 Å². The molecule has 0 amide bonds. The minimum atomic E-state index is -0.00487. The van der Waals surface area contributed by atoms with Crippen LogP contribution in [-0.4, -0.2) is 24.4 Å². The molecular weight excluding hydrogens is 448 g/mol. The van der Waals surface area contributed by atoms with E-state index in [4.69, 9.17) is 0 Å². The highest BCUT2D eigenvalue weighted by Crippen LogP contribution is 2.48. The Morgan fingerprint density at radius 1 is 0.811 bits per heavy atom. The van der Waals surface area contributed by atoms with Gasteiger partial charge < -0.3 is 4.90 Å². The quantitative estimate of drug-likeness (QED) is 0.289. The maximum atomic E-state index is 2.41. The van der Waals surface area contributed by atoms with E-state index in [-0.39, 0.29) is 10.8 Å². The maximum Gasteiger partial charge on any atom is 0.210 e. The number of rotatable bonds is 6. The average molecular weight is 494 g/mol. The summed E-state index contributed by atoms with van der Waals surface area (Å²) in [5.41, 5.74) is 13.9. The number of likely N-dealkylation sites (N-methyl/N-ethyl adjacent to an activating group) is 1. The van der Waals surface area contributed by atoms with Gasteiger partial charge in [0.15, 0.2) is 5.71 Å². The molecular formula is C35H45N2+. The molecule has 2 nitrogen and oxygen atoms in total. The molecule has 2 aromatic rings. The van der Waals surface area contributed by atoms with E-state index in [2.05, 4.69) is 146 Å². The summed E-state index contributed by atoms with van der Waals surface area (Å²) in [6.45, 7) is 18.3. The van der Waals surface area contributed by atoms with E-state index in [9.17, 15) is 0 Å². The van der Waals surface area contributed by atoms with Gasteiger partial charge in [0.05, 0.1) is 5.41 Å². The van der Waals surface area contributed by atoms with Crippen molar-refractivity contribution in [1.82, 2.24) is 0 Å². The Balaban J connectivity index is 1.52. The van der Waals surface area contributed by atoms with Crippen LogP contribution < -0.4 is 4.90 Å². The zero-order valence-corrected chi connectivity index (χ0v) is 24.7. The fourth-order valence-corrected chi connectivity index (χ4v) is 6.72. The zero-order chi connectivity index (χ0) is 27.1. The van der Waals surface area contributed by atoms with Gasteiger partial charge in [-0.15, -0.1) is 0 Å². The van der Waals surface area contributed by atoms with Gasteiger partial charge in [-0.3, -0.25) is 0 Å². The zero-order valence-electron chi connectivity index (χ0n) is 24.7. The smallest absolute Gasteiger partial charge is 0.210 e. The second-order valence-electron chi connectivity index (χ2n) is 11.8. The van der Waals surface area contributed by atoms with Crippen LogP contribution in [0.15, 0.2) is 72.5 Å². The molecule has 2 heteroatoms. The molecule has 2 heterocycles. The van der Waals surface area contributed by atoms with Crippen molar-refractivity contribution in [2.24, 2.45) is 0 Å². The minimum absolute atomic E-state index is 0.00354. The molecule has 37 heavy (non-hydrogen) atoms. The molecule has 0 N–H and O–H groups in total. The average Bonchev–Trinajstić information content (AvgIpc) is 3.15. The molecule has 0 atom stereocenters. The Morgan fingerprint density at radius 2 is 1.49 bits per heavy atom. The molecule has 2 aromatic carbocycles. The van der Waals surface area contributed by atoms with Crippen molar-refractivity contribution in [3.05, 3.63) is 106 Å². The maximum absolute atomic E-state index is 2.41. The number of nitrogens with zero attached hydrogens (tertiary/aromatic N) is 2. The lowest BCUT2D eigenvalue weighted by atomic mass is 9.78. The predicted octanol–water partition coefficient (Wildman–Crippen LogP) is 8.41. The van der Waals surface area contributed by atoms with Crippen LogP contribution in [0.3, 0.4) is 0 Å². The van der Waals surface area contributed by atoms with Crippen molar-refractivity contribution in [2.75, 3.05) is 19.0 Å². The van der Waals surface area contributed by atoms with Gasteiger partial charge in [0, 0.05) is 41.6 Å². The van der Waals surface area contributed by atoms with Crippen LogP contribution in [0, 0.1) is 13.8 Å². The van der Waals surface area contributed by atoms with Crippen molar-refractivity contribution in [3.63, 3.8) is 0 Å². The monoisotopic (exact) mass is 493 g/mol. The number of fused-ring (bicyclic) bond motifs is 2. The molecule has 0 fully saturated rings. The first-order valence-corrected chi connectivity index (χ1v) is 13.8. The third-order valence-corrected chi connectivity index (χ3v) is 8.44. The van der Waals surface area contributed by atoms with Crippen LogP contribution >= 0.6 is 0 Å². The summed E-state index contributed by atoms with van der Waals surface area (Å²) >= 11 is 0. The molecule has 0 bridgehead atoms. The van der Waals surface area contributed by atoms with Gasteiger partial charge in [0.2, 0.25) is 5.69 Å². The Kier molecular flexibility index (Phi) is 7.25. The number of aryl methyl sites for hydroxylation is 4. The third-order valence-electron chi connectivity index (χ3n) is 8.44. The largest absolute Gasteiger partial charge is 0.347 e. The normalized spacial score (nSPS) is 19.3. The molecule has 0 aromatic heterocycles. The topological polar surface area (TPSA) is 6.25 Å². The van der Waals surface area contributed by atoms with Crippen LogP contribution in [-0.2, 0) is 23.7 Å². The summed E-state index contributed by atoms with van der Waals surface area (Å²) in [6.07, 6.45) is 17.4. The van der Waals surface area contributed by atoms with Crippen LogP contribution in [0.25, 0.3) is 0 Å². The highest BCUT2D eigenvalue weighted by molar-refractivity contribution is 6.03. The molecule has 0 saturated carbocycles. The molecule has 4 rings (SSSR count). The predicted molar refractivity (Wildman–Crippen MR) is 162 cm³/mol. The van der Waals surface area contributed by atoms with E-state index in [1.807, 2.05) is 0 Å². The first-order valence-electron chi connectivity index (χ1n) is 13.8. The van der Waals surface area contributed by atoms with E-state index in [1.165, 1.54) is 56.2 Å². The Labute approximate surface area is 225 Å². The summed E-state index contributed by atoms with van der Waals surface area (Å²) in [5.74, 6) is 0. The fourth-order valence-electron chi connectivity index (χ4n) is 6.72. The van der Waals surface area contributed by atoms with E-state index in [0.717, 1.165) is 12.8 Å². The lowest BCUT2D eigenvalue weighted by Gasteiger charge is -2.24. The molecule has 0 unspecified atom stereocenters. The molecule has 0 radical (unpaired) electrons. The van der Waals surface area contributed by atoms with Gasteiger partial charge in [-0.1, -0.05) is 70.2 Å². The minimum Gasteiger partial charge on any atom is -0.347 e. The van der Waals surface area contributed by atoms with Crippen molar-refractivity contribution in [3.8, 4) is 0 Å². The third kappa shape index (κ3) is 4.56. The number of anilines is 1. The summed E-state index contributed by atoms with van der Waals surface area (Å²) in [4.78, 5) is 2.35. The van der Waals surface area contributed by atoms with Crippen LogP contribution in [0.5, 0.6) is 0 Å². The van der Waals surface area contributed by atoms with Gasteiger partial charge in [-0.05, 0) is 80.5 Å². The van der Waals surface area contributed by atoms with Crippen molar-refractivity contribution in [1.29, 1.82) is 0 Å². The lowest BCUT2D eigenvalue weighted by Crippen LogP contribution is -2.27. The highest BCUT2D eigenvalue weighted by atomic mass is 15.2. The van der Waals surface area contributed by atoms with E-state index >= 15 is 0 Å². The summed E-state index contributed by atoms with van der Waals surface area (Å²) in [6, 6.07) is 9.40. The molecule has 0 saturated heterocycles. The number of benzene rings is 2. The van der Waals surface area contributed by atoms with Crippen LogP contribution in [0.4, 0.5) is 11.4 Å².